The van der Waals surface area contributed by atoms with E-state index in [2.05, 4.69) is 19.0 Å². The Balaban J connectivity index is 2.64. The molecule has 4 heteroatoms. The van der Waals surface area contributed by atoms with Crippen molar-refractivity contribution in [3.8, 4) is 0 Å². The first kappa shape index (κ1) is 12.7. The number of carbonyl (C=O) groups excluding carboxylic acids is 1. The van der Waals surface area contributed by atoms with Gasteiger partial charge in [0.15, 0.2) is 0 Å². The summed E-state index contributed by atoms with van der Waals surface area (Å²) in [7, 11) is 1.83. The molecule has 0 radical (unpaired) electrons. The molecule has 1 aromatic heterocycles. The number of rotatable bonds is 4. The highest BCUT2D eigenvalue weighted by Crippen LogP contribution is 2.13. The van der Waals surface area contributed by atoms with Gasteiger partial charge in [-0.05, 0) is 19.8 Å². The molecule has 0 saturated carbocycles. The molecule has 0 aromatic carbocycles. The van der Waals surface area contributed by atoms with Gasteiger partial charge in [0, 0.05) is 19.2 Å². The number of nitrogens with zero attached hydrogens (tertiary/aromatic N) is 2. The summed E-state index contributed by atoms with van der Waals surface area (Å²) in [6.45, 7) is 8.67. The van der Waals surface area contributed by atoms with Crippen LogP contribution in [0.5, 0.6) is 0 Å². The second-order valence-electron chi connectivity index (χ2n) is 4.65. The van der Waals surface area contributed by atoms with E-state index in [9.17, 15) is 4.79 Å². The summed E-state index contributed by atoms with van der Waals surface area (Å²) in [6, 6.07) is 0. The van der Waals surface area contributed by atoms with Crippen LogP contribution in [0.2, 0.25) is 0 Å². The van der Waals surface area contributed by atoms with E-state index in [1.165, 1.54) is 0 Å². The molecule has 4 nitrogen and oxygen atoms in total. The number of likely N-dealkylation sites (N-methyl/N-ethyl adjacent to an activating group) is 1. The molecule has 1 aromatic rings. The molecule has 1 amide bonds. The van der Waals surface area contributed by atoms with Crippen LogP contribution in [0.1, 0.15) is 30.9 Å². The second-order valence-corrected chi connectivity index (χ2v) is 4.65. The molecule has 0 unspecified atom stereocenters. The standard InChI is InChI=1S/C12H20N2O2/c1-8(2)7-14(5)12(15)6-11-9(3)13-16-10(11)4/h8H,6-7H2,1-5H3. The lowest BCUT2D eigenvalue weighted by Gasteiger charge is -2.19. The Morgan fingerprint density at radius 3 is 2.50 bits per heavy atom. The fourth-order valence-electron chi connectivity index (χ4n) is 1.69. The van der Waals surface area contributed by atoms with Gasteiger partial charge in [-0.3, -0.25) is 4.79 Å². The Morgan fingerprint density at radius 2 is 2.06 bits per heavy atom. The van der Waals surface area contributed by atoms with E-state index < -0.39 is 0 Å². The van der Waals surface area contributed by atoms with Gasteiger partial charge in [-0.1, -0.05) is 19.0 Å². The molecule has 0 saturated heterocycles. The molecule has 0 spiro atoms. The minimum absolute atomic E-state index is 0.114. The molecule has 0 aliphatic carbocycles. The van der Waals surface area contributed by atoms with Gasteiger partial charge in [0.05, 0.1) is 12.1 Å². The average molecular weight is 224 g/mol. The number of carbonyl (C=O) groups is 1. The lowest BCUT2D eigenvalue weighted by molar-refractivity contribution is -0.129. The van der Waals surface area contributed by atoms with Crippen LogP contribution in [0.25, 0.3) is 0 Å². The van der Waals surface area contributed by atoms with E-state index in [-0.39, 0.29) is 5.91 Å². The molecule has 0 N–H and O–H groups in total. The molecule has 0 aliphatic rings. The monoisotopic (exact) mass is 224 g/mol. The summed E-state index contributed by atoms with van der Waals surface area (Å²) >= 11 is 0. The Morgan fingerprint density at radius 1 is 1.44 bits per heavy atom. The zero-order valence-corrected chi connectivity index (χ0v) is 10.7. The third-order valence-electron chi connectivity index (χ3n) is 2.57. The summed E-state index contributed by atoms with van der Waals surface area (Å²) in [5.74, 6) is 1.34. The van der Waals surface area contributed by atoms with Crippen LogP contribution in [-0.2, 0) is 11.2 Å². The van der Waals surface area contributed by atoms with Crippen LogP contribution in [0.15, 0.2) is 4.52 Å². The van der Waals surface area contributed by atoms with Crippen LogP contribution in [0.4, 0.5) is 0 Å². The maximum Gasteiger partial charge on any atom is 0.226 e. The third-order valence-corrected chi connectivity index (χ3v) is 2.57. The molecule has 0 fully saturated rings. The molecule has 0 bridgehead atoms. The lowest BCUT2D eigenvalue weighted by Crippen LogP contribution is -2.31. The summed E-state index contributed by atoms with van der Waals surface area (Å²) < 4.78 is 5.04. The van der Waals surface area contributed by atoms with Crippen LogP contribution in [0, 0.1) is 19.8 Å². The highest BCUT2D eigenvalue weighted by Gasteiger charge is 2.16. The van der Waals surface area contributed by atoms with E-state index in [1.807, 2.05) is 20.9 Å². The summed E-state index contributed by atoms with van der Waals surface area (Å²) in [5.41, 5.74) is 1.73. The van der Waals surface area contributed by atoms with Crippen molar-refractivity contribution >= 4 is 5.91 Å². The van der Waals surface area contributed by atoms with Gasteiger partial charge in [-0.15, -0.1) is 0 Å². The normalized spacial score (nSPS) is 10.9. The van der Waals surface area contributed by atoms with Gasteiger partial charge in [0.1, 0.15) is 5.76 Å². The fraction of sp³-hybridized carbons (Fsp3) is 0.667. The van der Waals surface area contributed by atoms with E-state index in [0.29, 0.717) is 12.3 Å². The molecular weight excluding hydrogens is 204 g/mol. The quantitative estimate of drug-likeness (QED) is 0.785. The zero-order chi connectivity index (χ0) is 12.3. The van der Waals surface area contributed by atoms with Gasteiger partial charge >= 0.3 is 0 Å². The third kappa shape index (κ3) is 3.08. The van der Waals surface area contributed by atoms with Gasteiger partial charge in [0.25, 0.3) is 0 Å². The predicted octanol–water partition coefficient (Wildman–Crippen LogP) is 1.95. The highest BCUT2D eigenvalue weighted by atomic mass is 16.5. The lowest BCUT2D eigenvalue weighted by atomic mass is 10.1. The van der Waals surface area contributed by atoms with Crippen molar-refractivity contribution in [2.75, 3.05) is 13.6 Å². The largest absolute Gasteiger partial charge is 0.361 e. The number of hydrogen-bond donors (Lipinski definition) is 0. The van der Waals surface area contributed by atoms with Crippen LogP contribution < -0.4 is 0 Å². The van der Waals surface area contributed by atoms with E-state index in [0.717, 1.165) is 23.6 Å². The van der Waals surface area contributed by atoms with E-state index >= 15 is 0 Å². The number of amides is 1. The molecule has 1 rings (SSSR count). The maximum atomic E-state index is 11.9. The number of hydrogen-bond acceptors (Lipinski definition) is 3. The summed E-state index contributed by atoms with van der Waals surface area (Å²) in [4.78, 5) is 13.7. The number of aromatic nitrogens is 1. The van der Waals surface area contributed by atoms with Gasteiger partial charge < -0.3 is 9.42 Å². The Labute approximate surface area is 96.6 Å². The van der Waals surface area contributed by atoms with Gasteiger partial charge in [-0.2, -0.15) is 0 Å². The molecule has 90 valence electrons. The first-order valence-corrected chi connectivity index (χ1v) is 5.57. The van der Waals surface area contributed by atoms with Crippen LogP contribution in [-0.4, -0.2) is 29.6 Å². The zero-order valence-electron chi connectivity index (χ0n) is 10.7. The maximum absolute atomic E-state index is 11.9. The van der Waals surface area contributed by atoms with Crippen molar-refractivity contribution in [3.05, 3.63) is 17.0 Å². The first-order valence-electron chi connectivity index (χ1n) is 5.57. The van der Waals surface area contributed by atoms with Gasteiger partial charge in [-0.25, -0.2) is 0 Å². The highest BCUT2D eigenvalue weighted by molar-refractivity contribution is 5.78. The molecule has 0 aliphatic heterocycles. The van der Waals surface area contributed by atoms with Crippen molar-refractivity contribution in [2.45, 2.75) is 34.1 Å². The predicted molar refractivity (Wildman–Crippen MR) is 62.2 cm³/mol. The topological polar surface area (TPSA) is 46.3 Å². The molecule has 16 heavy (non-hydrogen) atoms. The van der Waals surface area contributed by atoms with E-state index in [4.69, 9.17) is 4.52 Å². The van der Waals surface area contributed by atoms with Crippen LogP contribution in [0.3, 0.4) is 0 Å². The summed E-state index contributed by atoms with van der Waals surface area (Å²) in [5, 5.41) is 3.84. The second kappa shape index (κ2) is 5.14. The molecule has 1 heterocycles. The average Bonchev–Trinajstić information content (AvgIpc) is 2.48. The Bertz CT molecular complexity index is 350. The molecular formula is C12H20N2O2. The van der Waals surface area contributed by atoms with Gasteiger partial charge in [0.2, 0.25) is 5.91 Å². The first-order chi connectivity index (χ1) is 7.41. The van der Waals surface area contributed by atoms with Crippen molar-refractivity contribution in [1.82, 2.24) is 10.1 Å². The Kier molecular flexibility index (Phi) is 4.10. The minimum atomic E-state index is 0.114. The van der Waals surface area contributed by atoms with Crippen molar-refractivity contribution in [2.24, 2.45) is 5.92 Å². The Hall–Kier alpha value is -1.32. The van der Waals surface area contributed by atoms with E-state index in [1.54, 1.807) is 4.90 Å². The minimum Gasteiger partial charge on any atom is -0.361 e. The fourth-order valence-corrected chi connectivity index (χ4v) is 1.69. The van der Waals surface area contributed by atoms with Crippen molar-refractivity contribution in [1.29, 1.82) is 0 Å². The van der Waals surface area contributed by atoms with Crippen LogP contribution >= 0.6 is 0 Å². The smallest absolute Gasteiger partial charge is 0.226 e. The molecule has 0 atom stereocenters. The SMILES string of the molecule is Cc1noc(C)c1CC(=O)N(C)CC(C)C. The van der Waals surface area contributed by atoms with Crippen molar-refractivity contribution in [3.63, 3.8) is 0 Å². The number of aryl methyl sites for hydroxylation is 2. The summed E-state index contributed by atoms with van der Waals surface area (Å²) in [6.07, 6.45) is 0.379. The van der Waals surface area contributed by atoms with Crippen molar-refractivity contribution < 1.29 is 9.32 Å².